The molecular formula is C27H34N6O8. The minimum atomic E-state index is -1.16. The molecule has 220 valence electrons. The van der Waals surface area contributed by atoms with Crippen LogP contribution in [0.4, 0.5) is 10.6 Å². The van der Waals surface area contributed by atoms with Gasteiger partial charge in [-0.3, -0.25) is 19.2 Å². The van der Waals surface area contributed by atoms with Gasteiger partial charge in [0.25, 0.3) is 5.91 Å². The van der Waals surface area contributed by atoms with E-state index in [4.69, 9.17) is 9.57 Å². The van der Waals surface area contributed by atoms with E-state index in [1.165, 1.54) is 16.0 Å². The monoisotopic (exact) mass is 570 g/mol. The van der Waals surface area contributed by atoms with Crippen molar-refractivity contribution in [1.82, 2.24) is 25.2 Å². The van der Waals surface area contributed by atoms with Crippen LogP contribution in [0.25, 0.3) is 11.4 Å². The van der Waals surface area contributed by atoms with Gasteiger partial charge >= 0.3 is 12.1 Å². The molecule has 1 aliphatic rings. The normalized spacial score (nSPS) is 14.0. The third-order valence-electron chi connectivity index (χ3n) is 6.00. The standard InChI is InChI=1S/C27H34N6O8/c1-3-8-22(34)30-21-17-20(28-24(31-21)18-9-6-5-7-10-18)25(37)29-19(11-12-23(35)36)26(38)32-13-15-33(16-14-32)41-27(39)40-4-2/h5-7,9-10,17,19H,3-4,8,11-16H2,1-2H3,(H,29,37)(H,35,36)(H,28,30,31,34)/t19-/m0/s1. The summed E-state index contributed by atoms with van der Waals surface area (Å²) in [6, 6.07) is 9.01. The number of benzene rings is 1. The molecule has 1 aromatic heterocycles. The molecular weight excluding hydrogens is 536 g/mol. The maximum absolute atomic E-state index is 13.4. The fourth-order valence-electron chi connectivity index (χ4n) is 4.00. The molecule has 3 amide bonds. The van der Waals surface area contributed by atoms with Gasteiger partial charge in [-0.25, -0.2) is 14.8 Å². The number of rotatable bonds is 12. The van der Waals surface area contributed by atoms with Gasteiger partial charge in [0, 0.05) is 37.6 Å². The summed E-state index contributed by atoms with van der Waals surface area (Å²) >= 11 is 0. The van der Waals surface area contributed by atoms with E-state index in [0.717, 1.165) is 0 Å². The van der Waals surface area contributed by atoms with E-state index in [9.17, 15) is 29.1 Å². The number of anilines is 1. The van der Waals surface area contributed by atoms with Gasteiger partial charge in [0.05, 0.1) is 19.7 Å². The molecule has 2 aromatic rings. The topological polar surface area (TPSA) is 180 Å². The number of carboxylic acids is 1. The van der Waals surface area contributed by atoms with Crippen LogP contribution in [-0.4, -0.2) is 93.7 Å². The van der Waals surface area contributed by atoms with Crippen molar-refractivity contribution >= 4 is 35.7 Å². The number of hydrogen-bond donors (Lipinski definition) is 3. The van der Waals surface area contributed by atoms with Crippen molar-refractivity contribution in [2.45, 2.75) is 45.6 Å². The van der Waals surface area contributed by atoms with Crippen LogP contribution in [0, 0.1) is 0 Å². The Morgan fingerprint density at radius 1 is 1.00 bits per heavy atom. The Kier molecular flexibility index (Phi) is 11.5. The maximum atomic E-state index is 13.4. The van der Waals surface area contributed by atoms with Crippen molar-refractivity contribution < 1.29 is 38.7 Å². The zero-order valence-corrected chi connectivity index (χ0v) is 23.0. The molecule has 1 fully saturated rings. The van der Waals surface area contributed by atoms with Crippen molar-refractivity contribution in [3.8, 4) is 11.4 Å². The summed E-state index contributed by atoms with van der Waals surface area (Å²) < 4.78 is 4.76. The molecule has 0 spiro atoms. The number of piperazine rings is 1. The predicted octanol–water partition coefficient (Wildman–Crippen LogP) is 2.08. The number of hydroxylamine groups is 2. The quantitative estimate of drug-likeness (QED) is 0.318. The van der Waals surface area contributed by atoms with Crippen LogP contribution in [0.3, 0.4) is 0 Å². The molecule has 14 nitrogen and oxygen atoms in total. The Morgan fingerprint density at radius 2 is 1.71 bits per heavy atom. The van der Waals surface area contributed by atoms with Gasteiger partial charge in [0.1, 0.15) is 17.6 Å². The van der Waals surface area contributed by atoms with Crippen LogP contribution in [0.1, 0.15) is 50.0 Å². The minimum Gasteiger partial charge on any atom is -0.481 e. The van der Waals surface area contributed by atoms with Gasteiger partial charge < -0.3 is 30.2 Å². The van der Waals surface area contributed by atoms with E-state index < -0.39 is 30.0 Å². The summed E-state index contributed by atoms with van der Waals surface area (Å²) in [7, 11) is 0. The zero-order chi connectivity index (χ0) is 29.8. The van der Waals surface area contributed by atoms with Crippen LogP contribution in [-0.2, 0) is 24.0 Å². The molecule has 0 saturated carbocycles. The Bertz CT molecular complexity index is 1230. The van der Waals surface area contributed by atoms with Crippen molar-refractivity contribution in [1.29, 1.82) is 0 Å². The number of aromatic nitrogens is 2. The number of amides is 3. The van der Waals surface area contributed by atoms with Gasteiger partial charge in [0.2, 0.25) is 11.8 Å². The number of nitrogens with one attached hydrogen (secondary N) is 2. The van der Waals surface area contributed by atoms with E-state index in [2.05, 4.69) is 20.6 Å². The molecule has 3 N–H and O–H groups in total. The number of nitrogens with zero attached hydrogens (tertiary/aromatic N) is 4. The van der Waals surface area contributed by atoms with Crippen molar-refractivity contribution in [3.05, 3.63) is 42.1 Å². The first-order valence-corrected chi connectivity index (χ1v) is 13.4. The first-order chi connectivity index (χ1) is 19.7. The highest BCUT2D eigenvalue weighted by atomic mass is 16.8. The van der Waals surface area contributed by atoms with Gasteiger partial charge in [0.15, 0.2) is 5.82 Å². The van der Waals surface area contributed by atoms with Crippen molar-refractivity contribution in [2.24, 2.45) is 0 Å². The molecule has 1 saturated heterocycles. The van der Waals surface area contributed by atoms with Gasteiger partial charge in [-0.05, 0) is 19.8 Å². The number of carbonyl (C=O) groups is 5. The molecule has 14 heteroatoms. The molecule has 1 atom stereocenters. The maximum Gasteiger partial charge on any atom is 0.527 e. The zero-order valence-electron chi connectivity index (χ0n) is 23.0. The predicted molar refractivity (Wildman–Crippen MR) is 145 cm³/mol. The Morgan fingerprint density at radius 3 is 2.34 bits per heavy atom. The molecule has 3 rings (SSSR count). The molecule has 0 radical (unpaired) electrons. The molecule has 1 aromatic carbocycles. The Balaban J connectivity index is 1.78. The molecule has 2 heterocycles. The smallest absolute Gasteiger partial charge is 0.481 e. The number of ether oxygens (including phenoxy) is 1. The van der Waals surface area contributed by atoms with E-state index in [1.807, 2.05) is 13.0 Å². The third-order valence-corrected chi connectivity index (χ3v) is 6.00. The van der Waals surface area contributed by atoms with E-state index >= 15 is 0 Å². The minimum absolute atomic E-state index is 0.105. The number of carboxylic acid groups (broad SMARTS) is 1. The third kappa shape index (κ3) is 9.53. The Hall–Kier alpha value is -4.59. The lowest BCUT2D eigenvalue weighted by atomic mass is 10.1. The van der Waals surface area contributed by atoms with Gasteiger partial charge in [-0.15, -0.1) is 5.06 Å². The second kappa shape index (κ2) is 15.3. The first kappa shape index (κ1) is 30.9. The van der Waals surface area contributed by atoms with Crippen LogP contribution >= 0.6 is 0 Å². The SMILES string of the molecule is CCCC(=O)Nc1cc(C(=O)N[C@@H](CCC(=O)O)C(=O)N2CCN(OC(=O)OCC)CC2)nc(-c2ccccc2)n1. The van der Waals surface area contributed by atoms with Crippen LogP contribution in [0.15, 0.2) is 36.4 Å². The summed E-state index contributed by atoms with van der Waals surface area (Å²) in [5, 5.41) is 15.9. The van der Waals surface area contributed by atoms with Gasteiger partial charge in [-0.1, -0.05) is 37.3 Å². The highest BCUT2D eigenvalue weighted by Gasteiger charge is 2.31. The number of carbonyl (C=O) groups excluding carboxylic acids is 4. The fraction of sp³-hybridized carbons (Fsp3) is 0.444. The second-order valence-corrected chi connectivity index (χ2v) is 9.11. The molecule has 0 bridgehead atoms. The van der Waals surface area contributed by atoms with E-state index in [-0.39, 0.29) is 75.3 Å². The second-order valence-electron chi connectivity index (χ2n) is 9.11. The molecule has 1 aliphatic heterocycles. The summed E-state index contributed by atoms with van der Waals surface area (Å²) in [5.74, 6) is -2.31. The largest absolute Gasteiger partial charge is 0.527 e. The highest BCUT2D eigenvalue weighted by Crippen LogP contribution is 2.19. The average Bonchev–Trinajstić information content (AvgIpc) is 2.95. The molecule has 0 aliphatic carbocycles. The summed E-state index contributed by atoms with van der Waals surface area (Å²) in [6.07, 6.45) is -0.484. The first-order valence-electron chi connectivity index (χ1n) is 13.4. The lowest BCUT2D eigenvalue weighted by molar-refractivity contribution is -0.157. The lowest BCUT2D eigenvalue weighted by Crippen LogP contribution is -2.55. The van der Waals surface area contributed by atoms with Crippen molar-refractivity contribution in [2.75, 3.05) is 38.1 Å². The molecule has 41 heavy (non-hydrogen) atoms. The van der Waals surface area contributed by atoms with E-state index in [0.29, 0.717) is 12.0 Å². The van der Waals surface area contributed by atoms with Crippen molar-refractivity contribution in [3.63, 3.8) is 0 Å². The lowest BCUT2D eigenvalue weighted by Gasteiger charge is -2.35. The van der Waals surface area contributed by atoms with Gasteiger partial charge in [-0.2, -0.15) is 0 Å². The number of hydrogen-bond acceptors (Lipinski definition) is 10. The average molecular weight is 571 g/mol. The Labute approximate surface area is 237 Å². The highest BCUT2D eigenvalue weighted by molar-refractivity contribution is 5.98. The fourth-order valence-corrected chi connectivity index (χ4v) is 4.00. The summed E-state index contributed by atoms with van der Waals surface area (Å²) in [6.45, 7) is 4.43. The van der Waals surface area contributed by atoms with Crippen LogP contribution in [0.2, 0.25) is 0 Å². The summed E-state index contributed by atoms with van der Waals surface area (Å²) in [5.41, 5.74) is 0.501. The van der Waals surface area contributed by atoms with Crippen LogP contribution in [0.5, 0.6) is 0 Å². The molecule has 0 unspecified atom stereocenters. The summed E-state index contributed by atoms with van der Waals surface area (Å²) in [4.78, 5) is 77.1. The van der Waals surface area contributed by atoms with Crippen LogP contribution < -0.4 is 10.6 Å². The number of aliphatic carboxylic acids is 1. The van der Waals surface area contributed by atoms with E-state index in [1.54, 1.807) is 31.2 Å².